The number of anilines is 2. The van der Waals surface area contributed by atoms with Crippen LogP contribution >= 0.6 is 23.2 Å². The van der Waals surface area contributed by atoms with Crippen LogP contribution < -0.4 is 14.4 Å². The first-order valence-electron chi connectivity index (χ1n) is 7.84. The molecule has 0 radical (unpaired) electrons. The van der Waals surface area contributed by atoms with Gasteiger partial charge in [0.15, 0.2) is 6.10 Å². The molecule has 1 N–H and O–H groups in total. The molecule has 0 aromatic heterocycles. The van der Waals surface area contributed by atoms with Gasteiger partial charge in [0.05, 0.1) is 28.7 Å². The third-order valence-corrected chi connectivity index (χ3v) is 6.21. The minimum absolute atomic E-state index is 0.0846. The Morgan fingerprint density at radius 1 is 1.27 bits per heavy atom. The van der Waals surface area contributed by atoms with Gasteiger partial charge in [-0.25, -0.2) is 8.42 Å². The highest BCUT2D eigenvalue weighted by Gasteiger charge is 2.36. The molecule has 6 nitrogen and oxygen atoms in total. The van der Waals surface area contributed by atoms with E-state index in [0.717, 1.165) is 0 Å². The highest BCUT2D eigenvalue weighted by molar-refractivity contribution is 7.92. The van der Waals surface area contributed by atoms with Gasteiger partial charge < -0.3 is 10.1 Å². The Hall–Kier alpha value is -1.96. The van der Waals surface area contributed by atoms with Crippen molar-refractivity contribution in [3.05, 3.63) is 52.5 Å². The van der Waals surface area contributed by atoms with Crippen LogP contribution in [0.2, 0.25) is 10.0 Å². The lowest BCUT2D eigenvalue weighted by Crippen LogP contribution is -2.49. The fourth-order valence-corrected chi connectivity index (χ4v) is 4.14. The predicted octanol–water partition coefficient (Wildman–Crippen LogP) is 3.55. The fraction of sp³-hybridized carbons (Fsp3) is 0.235. The molecule has 0 bridgehead atoms. The molecule has 138 valence electrons. The molecule has 0 spiro atoms. The van der Waals surface area contributed by atoms with Gasteiger partial charge in [-0.2, -0.15) is 0 Å². The quantitative estimate of drug-likeness (QED) is 0.829. The number of amides is 1. The van der Waals surface area contributed by atoms with Crippen molar-refractivity contribution >= 4 is 50.5 Å². The van der Waals surface area contributed by atoms with E-state index in [-0.39, 0.29) is 17.3 Å². The van der Waals surface area contributed by atoms with Crippen molar-refractivity contribution in [1.82, 2.24) is 0 Å². The molecule has 1 heterocycles. The normalized spacial score (nSPS) is 16.6. The number of fused-ring (bicyclic) bond motifs is 1. The second-order valence-corrected chi connectivity index (χ2v) is 8.64. The second-order valence-electron chi connectivity index (χ2n) is 5.62. The molecule has 0 aliphatic carbocycles. The summed E-state index contributed by atoms with van der Waals surface area (Å²) in [5.74, 6) is -0.253. The molecular weight excluding hydrogens is 399 g/mol. The Labute approximate surface area is 161 Å². The number of hydrogen-bond donors (Lipinski definition) is 1. The number of carbonyl (C=O) groups excluding carboxylic acids is 1. The number of hydrogen-bond acceptors (Lipinski definition) is 4. The van der Waals surface area contributed by atoms with Gasteiger partial charge in [0.1, 0.15) is 5.75 Å². The van der Waals surface area contributed by atoms with Crippen LogP contribution in [0.1, 0.15) is 6.92 Å². The number of benzene rings is 2. The Bertz CT molecular complexity index is 950. The van der Waals surface area contributed by atoms with E-state index in [4.69, 9.17) is 27.9 Å². The Morgan fingerprint density at radius 3 is 2.69 bits per heavy atom. The van der Waals surface area contributed by atoms with E-state index in [1.165, 1.54) is 10.4 Å². The zero-order valence-electron chi connectivity index (χ0n) is 13.8. The van der Waals surface area contributed by atoms with E-state index < -0.39 is 22.0 Å². The van der Waals surface area contributed by atoms with E-state index in [9.17, 15) is 13.2 Å². The number of rotatable bonds is 4. The number of carbonyl (C=O) groups is 1. The van der Waals surface area contributed by atoms with Gasteiger partial charge in [-0.05, 0) is 37.3 Å². The number of ether oxygens (including phenoxy) is 1. The maximum absolute atomic E-state index is 12.6. The molecule has 1 aliphatic heterocycles. The first-order valence-corrected chi connectivity index (χ1v) is 10.2. The van der Waals surface area contributed by atoms with Crippen molar-refractivity contribution in [3.63, 3.8) is 0 Å². The summed E-state index contributed by atoms with van der Waals surface area (Å²) in [7, 11) is -3.56. The summed E-state index contributed by atoms with van der Waals surface area (Å²) in [5, 5.41) is 3.37. The summed E-state index contributed by atoms with van der Waals surface area (Å²) in [6.45, 7) is 1.43. The van der Waals surface area contributed by atoms with Crippen molar-refractivity contribution in [3.8, 4) is 5.75 Å². The molecule has 26 heavy (non-hydrogen) atoms. The molecule has 0 fully saturated rings. The lowest BCUT2D eigenvalue weighted by Gasteiger charge is -2.34. The van der Waals surface area contributed by atoms with E-state index in [0.29, 0.717) is 22.1 Å². The third-order valence-electron chi connectivity index (χ3n) is 3.92. The molecule has 2 aromatic carbocycles. The molecule has 0 saturated carbocycles. The summed E-state index contributed by atoms with van der Waals surface area (Å²) in [5.41, 5.74) is 0.788. The molecule has 2 aromatic rings. The van der Waals surface area contributed by atoms with E-state index in [1.54, 1.807) is 43.3 Å². The van der Waals surface area contributed by atoms with Crippen LogP contribution in [0.3, 0.4) is 0 Å². The van der Waals surface area contributed by atoms with Gasteiger partial charge in [-0.3, -0.25) is 9.10 Å². The van der Waals surface area contributed by atoms with Crippen molar-refractivity contribution in [1.29, 1.82) is 0 Å². The van der Waals surface area contributed by atoms with Gasteiger partial charge in [0.2, 0.25) is 10.0 Å². The summed E-state index contributed by atoms with van der Waals surface area (Å²) in [6.07, 6.45) is -1.02. The summed E-state index contributed by atoms with van der Waals surface area (Å²) in [4.78, 5) is 12.6. The number of sulfonamides is 1. The SMILES string of the molecule is CCS(=O)(=O)N1C[C@@H](C(=O)Nc2ccc(Cl)cc2Cl)Oc2ccccc21. The van der Waals surface area contributed by atoms with Crippen LogP contribution in [-0.2, 0) is 14.8 Å². The monoisotopic (exact) mass is 414 g/mol. The van der Waals surface area contributed by atoms with Gasteiger partial charge in [0.25, 0.3) is 5.91 Å². The van der Waals surface area contributed by atoms with Crippen molar-refractivity contribution in [2.75, 3.05) is 21.9 Å². The second kappa shape index (κ2) is 7.34. The van der Waals surface area contributed by atoms with Gasteiger partial charge in [-0.15, -0.1) is 0 Å². The molecule has 0 unspecified atom stereocenters. The zero-order valence-corrected chi connectivity index (χ0v) is 16.1. The van der Waals surface area contributed by atoms with Crippen LogP contribution in [0, 0.1) is 0 Å². The first kappa shape index (κ1) is 18.8. The summed E-state index contributed by atoms with van der Waals surface area (Å²) >= 11 is 11.9. The number of nitrogens with one attached hydrogen (secondary N) is 1. The van der Waals surface area contributed by atoms with Gasteiger partial charge >= 0.3 is 0 Å². The van der Waals surface area contributed by atoms with Crippen LogP contribution in [0.15, 0.2) is 42.5 Å². The molecule has 1 atom stereocenters. The van der Waals surface area contributed by atoms with Gasteiger partial charge in [0, 0.05) is 5.02 Å². The summed E-state index contributed by atoms with van der Waals surface area (Å²) < 4.78 is 31.8. The number of para-hydroxylation sites is 2. The molecular formula is C17H16Cl2N2O4S. The maximum atomic E-state index is 12.6. The predicted molar refractivity (Wildman–Crippen MR) is 103 cm³/mol. The largest absolute Gasteiger partial charge is 0.476 e. The topological polar surface area (TPSA) is 75.7 Å². The Morgan fingerprint density at radius 2 is 2.00 bits per heavy atom. The first-order chi connectivity index (χ1) is 12.3. The molecule has 1 aliphatic rings. The minimum atomic E-state index is -3.56. The van der Waals surface area contributed by atoms with Gasteiger partial charge in [-0.1, -0.05) is 35.3 Å². The average molecular weight is 415 g/mol. The van der Waals surface area contributed by atoms with Crippen molar-refractivity contribution in [2.24, 2.45) is 0 Å². The van der Waals surface area contributed by atoms with Crippen molar-refractivity contribution < 1.29 is 17.9 Å². The lowest BCUT2D eigenvalue weighted by atomic mass is 10.2. The van der Waals surface area contributed by atoms with Crippen LogP contribution in [0.4, 0.5) is 11.4 Å². The maximum Gasteiger partial charge on any atom is 0.267 e. The van der Waals surface area contributed by atoms with Crippen LogP contribution in [-0.4, -0.2) is 32.7 Å². The molecule has 1 amide bonds. The highest BCUT2D eigenvalue weighted by atomic mass is 35.5. The standard InChI is InChI=1S/C17H16Cl2N2O4S/c1-2-26(23,24)21-10-16(25-15-6-4-3-5-14(15)21)17(22)20-13-8-7-11(18)9-12(13)19/h3-9,16H,2,10H2,1H3,(H,20,22)/t16-/m0/s1. The van der Waals surface area contributed by atoms with E-state index >= 15 is 0 Å². The molecule has 0 saturated heterocycles. The fourth-order valence-electron chi connectivity index (χ4n) is 2.56. The highest BCUT2D eigenvalue weighted by Crippen LogP contribution is 2.35. The lowest BCUT2D eigenvalue weighted by molar-refractivity contribution is -0.122. The zero-order chi connectivity index (χ0) is 18.9. The smallest absolute Gasteiger partial charge is 0.267 e. The third kappa shape index (κ3) is 3.75. The number of nitrogens with zero attached hydrogens (tertiary/aromatic N) is 1. The average Bonchev–Trinajstić information content (AvgIpc) is 2.63. The Balaban J connectivity index is 1.88. The number of halogens is 2. The van der Waals surface area contributed by atoms with Crippen molar-refractivity contribution in [2.45, 2.75) is 13.0 Å². The van der Waals surface area contributed by atoms with Crippen LogP contribution in [0.5, 0.6) is 5.75 Å². The summed E-state index contributed by atoms with van der Waals surface area (Å²) in [6, 6.07) is 11.4. The van der Waals surface area contributed by atoms with E-state index in [2.05, 4.69) is 5.32 Å². The molecule has 9 heteroatoms. The Kier molecular flexibility index (Phi) is 5.32. The minimum Gasteiger partial charge on any atom is -0.476 e. The van der Waals surface area contributed by atoms with E-state index in [1.807, 2.05) is 0 Å². The van der Waals surface area contributed by atoms with Crippen LogP contribution in [0.25, 0.3) is 0 Å². The molecule has 3 rings (SSSR count).